The van der Waals surface area contributed by atoms with Crippen molar-refractivity contribution in [2.45, 2.75) is 11.0 Å². The van der Waals surface area contributed by atoms with E-state index in [1.54, 1.807) is 12.1 Å². The average Bonchev–Trinajstić information content (AvgIpc) is 2.26. The number of nitrogens with two attached hydrogens (primary N) is 1. The molecule has 1 aromatic rings. The Morgan fingerprint density at radius 3 is 2.73 bits per heavy atom. The maximum Gasteiger partial charge on any atom is 0.337 e. The molecule has 0 saturated heterocycles. The van der Waals surface area contributed by atoms with E-state index in [2.05, 4.69) is 5.43 Å². The fraction of sp³-hybridized carbons (Fsp3) is 0.222. The number of hydrazine groups is 1. The van der Waals surface area contributed by atoms with Crippen LogP contribution in [0.15, 0.2) is 23.1 Å². The van der Waals surface area contributed by atoms with Gasteiger partial charge in [-0.15, -0.1) is 11.8 Å². The molecule has 0 saturated carbocycles. The van der Waals surface area contributed by atoms with Crippen LogP contribution in [0.4, 0.5) is 5.69 Å². The number of aliphatic carboxylic acids is 1. The van der Waals surface area contributed by atoms with Gasteiger partial charge in [-0.1, -0.05) is 6.07 Å². The lowest BCUT2D eigenvalue weighted by Gasteiger charge is -2.11. The second-order valence-corrected chi connectivity index (χ2v) is 3.69. The summed E-state index contributed by atoms with van der Waals surface area (Å²) in [5.41, 5.74) is 3.35. The lowest BCUT2D eigenvalue weighted by atomic mass is 10.1. The number of hydrogen-bond donors (Lipinski definition) is 4. The standard InChI is InChI=1S/C9H12N2O3S/c1-15-7-3-2-5(4-6(7)11-10)8(12)9(13)14/h2-4,8,11-12H,10H2,1H3,(H,13,14). The Hall–Kier alpha value is -1.24. The van der Waals surface area contributed by atoms with Gasteiger partial charge in [-0.25, -0.2) is 4.79 Å². The van der Waals surface area contributed by atoms with Crippen LogP contribution in [0.1, 0.15) is 11.7 Å². The summed E-state index contributed by atoms with van der Waals surface area (Å²) in [4.78, 5) is 11.4. The Morgan fingerprint density at radius 1 is 1.60 bits per heavy atom. The SMILES string of the molecule is CSc1ccc(C(O)C(=O)O)cc1NN. The van der Waals surface area contributed by atoms with E-state index in [0.717, 1.165) is 4.90 Å². The van der Waals surface area contributed by atoms with E-state index in [0.29, 0.717) is 11.3 Å². The Labute approximate surface area is 91.3 Å². The average molecular weight is 228 g/mol. The van der Waals surface area contributed by atoms with Crippen molar-refractivity contribution < 1.29 is 15.0 Å². The fourth-order valence-corrected chi connectivity index (χ4v) is 1.69. The van der Waals surface area contributed by atoms with Crippen LogP contribution in [-0.4, -0.2) is 22.4 Å². The smallest absolute Gasteiger partial charge is 0.337 e. The van der Waals surface area contributed by atoms with Gasteiger partial charge in [0.2, 0.25) is 0 Å². The highest BCUT2D eigenvalue weighted by Gasteiger charge is 2.16. The van der Waals surface area contributed by atoms with E-state index >= 15 is 0 Å². The number of aliphatic hydroxyl groups excluding tert-OH is 1. The Bertz CT molecular complexity index is 370. The van der Waals surface area contributed by atoms with Crippen molar-refractivity contribution >= 4 is 23.4 Å². The van der Waals surface area contributed by atoms with Gasteiger partial charge in [-0.05, 0) is 24.0 Å². The lowest BCUT2D eigenvalue weighted by Crippen LogP contribution is -2.12. The molecule has 1 aromatic carbocycles. The van der Waals surface area contributed by atoms with Gasteiger partial charge in [-0.3, -0.25) is 5.84 Å². The molecule has 6 heteroatoms. The maximum absolute atomic E-state index is 10.5. The molecule has 0 heterocycles. The molecule has 0 fully saturated rings. The van der Waals surface area contributed by atoms with Crippen molar-refractivity contribution in [3.63, 3.8) is 0 Å². The molecule has 1 rings (SSSR count). The highest BCUT2D eigenvalue weighted by atomic mass is 32.2. The number of aliphatic hydroxyl groups is 1. The summed E-state index contributed by atoms with van der Waals surface area (Å²) in [7, 11) is 0. The number of benzene rings is 1. The van der Waals surface area contributed by atoms with Crippen molar-refractivity contribution in [1.29, 1.82) is 0 Å². The van der Waals surface area contributed by atoms with Crippen LogP contribution in [0.25, 0.3) is 0 Å². The fourth-order valence-electron chi connectivity index (χ4n) is 1.15. The summed E-state index contributed by atoms with van der Waals surface area (Å²) in [6.45, 7) is 0. The van der Waals surface area contributed by atoms with Gasteiger partial charge < -0.3 is 15.6 Å². The maximum atomic E-state index is 10.5. The molecule has 15 heavy (non-hydrogen) atoms. The first-order valence-corrected chi connectivity index (χ1v) is 5.38. The number of anilines is 1. The number of carbonyl (C=O) groups is 1. The minimum Gasteiger partial charge on any atom is -0.479 e. The third-order valence-electron chi connectivity index (χ3n) is 1.93. The van der Waals surface area contributed by atoms with E-state index < -0.39 is 12.1 Å². The number of nitrogens with one attached hydrogen (secondary N) is 1. The zero-order valence-corrected chi connectivity index (χ0v) is 8.91. The minimum absolute atomic E-state index is 0.299. The molecule has 1 atom stereocenters. The van der Waals surface area contributed by atoms with Crippen LogP contribution < -0.4 is 11.3 Å². The minimum atomic E-state index is -1.52. The van der Waals surface area contributed by atoms with Gasteiger partial charge >= 0.3 is 5.97 Å². The van der Waals surface area contributed by atoms with Crippen molar-refractivity contribution in [3.8, 4) is 0 Å². The van der Waals surface area contributed by atoms with Gasteiger partial charge in [0.15, 0.2) is 6.10 Å². The Morgan fingerprint density at radius 2 is 2.27 bits per heavy atom. The molecule has 1 unspecified atom stereocenters. The van der Waals surface area contributed by atoms with E-state index in [-0.39, 0.29) is 0 Å². The highest BCUT2D eigenvalue weighted by molar-refractivity contribution is 7.98. The molecule has 5 nitrogen and oxygen atoms in total. The molecular formula is C9H12N2O3S. The topological polar surface area (TPSA) is 95.6 Å². The van der Waals surface area contributed by atoms with Crippen LogP contribution in [0.3, 0.4) is 0 Å². The van der Waals surface area contributed by atoms with Crippen molar-refractivity contribution in [2.24, 2.45) is 5.84 Å². The largest absolute Gasteiger partial charge is 0.479 e. The Kier molecular flexibility index (Phi) is 3.96. The molecule has 0 aliphatic carbocycles. The van der Waals surface area contributed by atoms with E-state index in [1.807, 2.05) is 6.26 Å². The molecule has 0 radical (unpaired) electrons. The zero-order valence-electron chi connectivity index (χ0n) is 8.10. The third-order valence-corrected chi connectivity index (χ3v) is 2.72. The molecule has 82 valence electrons. The van der Waals surface area contributed by atoms with Crippen LogP contribution >= 0.6 is 11.8 Å². The number of nitrogen functional groups attached to an aromatic ring is 1. The zero-order chi connectivity index (χ0) is 11.4. The molecule has 0 spiro atoms. The summed E-state index contributed by atoms with van der Waals surface area (Å²) in [6.07, 6.45) is 0.358. The Balaban J connectivity index is 3.07. The third kappa shape index (κ3) is 2.62. The first-order valence-electron chi connectivity index (χ1n) is 4.15. The lowest BCUT2D eigenvalue weighted by molar-refractivity contribution is -0.146. The first kappa shape index (κ1) is 11.8. The molecule has 5 N–H and O–H groups in total. The first-order chi connectivity index (χ1) is 7.10. The molecule has 0 aliphatic heterocycles. The molecular weight excluding hydrogens is 216 g/mol. The molecule has 0 aromatic heterocycles. The molecule has 0 bridgehead atoms. The summed E-state index contributed by atoms with van der Waals surface area (Å²) in [5.74, 6) is 4.00. The predicted molar refractivity (Wildman–Crippen MR) is 58.6 cm³/mol. The number of hydrogen-bond acceptors (Lipinski definition) is 5. The van der Waals surface area contributed by atoms with Gasteiger partial charge in [0.05, 0.1) is 5.69 Å². The van der Waals surface area contributed by atoms with Crippen LogP contribution in [0.5, 0.6) is 0 Å². The van der Waals surface area contributed by atoms with Crippen LogP contribution in [0, 0.1) is 0 Å². The van der Waals surface area contributed by atoms with E-state index in [1.165, 1.54) is 17.8 Å². The monoisotopic (exact) mass is 228 g/mol. The van der Waals surface area contributed by atoms with Gasteiger partial charge in [0.25, 0.3) is 0 Å². The van der Waals surface area contributed by atoms with Crippen molar-refractivity contribution in [2.75, 3.05) is 11.7 Å². The van der Waals surface area contributed by atoms with E-state index in [9.17, 15) is 9.90 Å². The van der Waals surface area contributed by atoms with Gasteiger partial charge in [0.1, 0.15) is 0 Å². The summed E-state index contributed by atoms with van der Waals surface area (Å²) in [5, 5.41) is 17.9. The summed E-state index contributed by atoms with van der Waals surface area (Å²) >= 11 is 1.48. The predicted octanol–water partition coefficient (Wildman–Crippen LogP) is 0.812. The normalized spacial score (nSPS) is 12.2. The summed E-state index contributed by atoms with van der Waals surface area (Å²) in [6, 6.07) is 4.79. The van der Waals surface area contributed by atoms with Crippen molar-refractivity contribution in [1.82, 2.24) is 0 Å². The number of carboxylic acid groups (broad SMARTS) is 1. The quantitative estimate of drug-likeness (QED) is 0.346. The molecule has 0 aliphatic rings. The number of carboxylic acids is 1. The second-order valence-electron chi connectivity index (χ2n) is 2.84. The highest BCUT2D eigenvalue weighted by Crippen LogP contribution is 2.27. The number of rotatable bonds is 4. The van der Waals surface area contributed by atoms with Crippen molar-refractivity contribution in [3.05, 3.63) is 23.8 Å². The van der Waals surface area contributed by atoms with Gasteiger partial charge in [0, 0.05) is 4.90 Å². The second kappa shape index (κ2) is 5.01. The molecule has 0 amide bonds. The van der Waals surface area contributed by atoms with Gasteiger partial charge in [-0.2, -0.15) is 0 Å². The summed E-state index contributed by atoms with van der Waals surface area (Å²) < 4.78 is 0. The van der Waals surface area contributed by atoms with Crippen LogP contribution in [-0.2, 0) is 4.79 Å². The van der Waals surface area contributed by atoms with Crippen LogP contribution in [0.2, 0.25) is 0 Å². The van der Waals surface area contributed by atoms with E-state index in [4.69, 9.17) is 10.9 Å². The number of thioether (sulfide) groups is 1.